The Labute approximate surface area is 127 Å². The second-order valence-corrected chi connectivity index (χ2v) is 5.68. The molecule has 1 heterocycles. The molecule has 124 valence electrons. The van der Waals surface area contributed by atoms with Crippen LogP contribution in [0.2, 0.25) is 0 Å². The van der Waals surface area contributed by atoms with Crippen LogP contribution in [0, 0.1) is 0 Å². The quantitative estimate of drug-likeness (QED) is 0.423. The van der Waals surface area contributed by atoms with Crippen molar-refractivity contribution in [2.24, 2.45) is 0 Å². The van der Waals surface area contributed by atoms with Gasteiger partial charge in [0, 0.05) is 0 Å². The minimum Gasteiger partial charge on any atom is -0.499 e. The van der Waals surface area contributed by atoms with Crippen LogP contribution in [0.1, 0.15) is 51.9 Å². The summed E-state index contributed by atoms with van der Waals surface area (Å²) in [7, 11) is 0. The molecule has 0 saturated carbocycles. The van der Waals surface area contributed by atoms with Crippen molar-refractivity contribution < 1.29 is 24.8 Å². The van der Waals surface area contributed by atoms with Gasteiger partial charge in [0.25, 0.3) is 0 Å². The zero-order chi connectivity index (χ0) is 15.5. The third-order valence-electron chi connectivity index (χ3n) is 3.78. The van der Waals surface area contributed by atoms with E-state index in [1.165, 1.54) is 32.1 Å². The highest BCUT2D eigenvalue weighted by atomic mass is 16.6. The van der Waals surface area contributed by atoms with E-state index in [4.69, 9.17) is 9.47 Å². The van der Waals surface area contributed by atoms with Crippen molar-refractivity contribution >= 4 is 0 Å². The molecular formula is C16H30O5. The van der Waals surface area contributed by atoms with Gasteiger partial charge >= 0.3 is 0 Å². The van der Waals surface area contributed by atoms with E-state index in [0.29, 0.717) is 0 Å². The smallest absolute Gasteiger partial charge is 0.120 e. The molecule has 0 amide bonds. The first-order chi connectivity index (χ1) is 10.2. The number of unbranched alkanes of at least 4 members (excludes halogenated alkanes) is 6. The van der Waals surface area contributed by atoms with E-state index >= 15 is 0 Å². The van der Waals surface area contributed by atoms with Crippen LogP contribution in [0.15, 0.2) is 12.3 Å². The molecule has 1 fully saturated rings. The summed E-state index contributed by atoms with van der Waals surface area (Å²) in [6, 6.07) is 0. The molecule has 0 unspecified atom stereocenters. The average molecular weight is 302 g/mol. The van der Waals surface area contributed by atoms with Crippen LogP contribution >= 0.6 is 0 Å². The number of rotatable bonds is 10. The van der Waals surface area contributed by atoms with Gasteiger partial charge < -0.3 is 24.8 Å². The molecule has 21 heavy (non-hydrogen) atoms. The van der Waals surface area contributed by atoms with Crippen LogP contribution in [0.3, 0.4) is 0 Å². The Hall–Kier alpha value is -0.620. The molecule has 4 atom stereocenters. The normalized spacial score (nSPS) is 29.9. The zero-order valence-corrected chi connectivity index (χ0v) is 13.0. The molecular weight excluding hydrogens is 272 g/mol. The van der Waals surface area contributed by atoms with Crippen molar-refractivity contribution in [3.63, 3.8) is 0 Å². The van der Waals surface area contributed by atoms with Crippen LogP contribution in [-0.4, -0.2) is 52.9 Å². The molecule has 0 aliphatic carbocycles. The summed E-state index contributed by atoms with van der Waals surface area (Å²) < 4.78 is 10.6. The van der Waals surface area contributed by atoms with Gasteiger partial charge in [0.1, 0.15) is 31.0 Å². The van der Waals surface area contributed by atoms with Crippen molar-refractivity contribution in [1.29, 1.82) is 0 Å². The van der Waals surface area contributed by atoms with Crippen molar-refractivity contribution in [3.8, 4) is 0 Å². The Morgan fingerprint density at radius 3 is 2.52 bits per heavy atom. The molecule has 1 saturated heterocycles. The number of allylic oxidation sites excluding steroid dienone is 1. The minimum atomic E-state index is -1.17. The number of hydrogen-bond acceptors (Lipinski definition) is 5. The number of ether oxygens (including phenoxy) is 2. The lowest BCUT2D eigenvalue weighted by Crippen LogP contribution is -2.54. The molecule has 1 aliphatic heterocycles. The SMILES string of the molecule is CCCCCCCC/C=C/OC[C@@H]1OC[C@@H](O)[C@H](O)[C@H]1O. The van der Waals surface area contributed by atoms with Gasteiger partial charge in [-0.1, -0.05) is 39.0 Å². The molecule has 1 aliphatic rings. The first-order valence-electron chi connectivity index (χ1n) is 8.09. The second kappa shape index (κ2) is 11.0. The van der Waals surface area contributed by atoms with E-state index in [9.17, 15) is 15.3 Å². The molecule has 0 aromatic heterocycles. The monoisotopic (exact) mass is 302 g/mol. The summed E-state index contributed by atoms with van der Waals surface area (Å²) in [6.45, 7) is 2.42. The van der Waals surface area contributed by atoms with Gasteiger partial charge in [0.15, 0.2) is 0 Å². The largest absolute Gasteiger partial charge is 0.499 e. The highest BCUT2D eigenvalue weighted by molar-refractivity contribution is 4.87. The highest BCUT2D eigenvalue weighted by Crippen LogP contribution is 2.16. The van der Waals surface area contributed by atoms with E-state index < -0.39 is 24.4 Å². The number of hydrogen-bond donors (Lipinski definition) is 3. The maximum Gasteiger partial charge on any atom is 0.120 e. The molecule has 1 rings (SSSR count). The van der Waals surface area contributed by atoms with Crippen molar-refractivity contribution in [2.45, 2.75) is 76.3 Å². The van der Waals surface area contributed by atoms with Crippen LogP contribution < -0.4 is 0 Å². The van der Waals surface area contributed by atoms with E-state index in [1.54, 1.807) is 6.26 Å². The lowest BCUT2D eigenvalue weighted by atomic mass is 10.0. The number of aliphatic hydroxyl groups is 3. The van der Waals surface area contributed by atoms with E-state index in [0.717, 1.165) is 12.8 Å². The molecule has 5 heteroatoms. The third kappa shape index (κ3) is 7.27. The molecule has 5 nitrogen and oxygen atoms in total. The highest BCUT2D eigenvalue weighted by Gasteiger charge is 2.37. The summed E-state index contributed by atoms with van der Waals surface area (Å²) in [5.41, 5.74) is 0. The van der Waals surface area contributed by atoms with Gasteiger partial charge in [-0.2, -0.15) is 0 Å². The van der Waals surface area contributed by atoms with Gasteiger partial charge in [-0.15, -0.1) is 0 Å². The molecule has 0 aromatic carbocycles. The lowest BCUT2D eigenvalue weighted by molar-refractivity contribution is -0.195. The number of aliphatic hydroxyl groups excluding tert-OH is 3. The Balaban J connectivity index is 2.01. The maximum absolute atomic E-state index is 9.71. The predicted molar refractivity (Wildman–Crippen MR) is 80.8 cm³/mol. The predicted octanol–water partition coefficient (Wildman–Crippen LogP) is 1.75. The maximum atomic E-state index is 9.71. The molecule has 0 bridgehead atoms. The van der Waals surface area contributed by atoms with E-state index in [-0.39, 0.29) is 13.2 Å². The van der Waals surface area contributed by atoms with E-state index in [2.05, 4.69) is 6.92 Å². The fourth-order valence-corrected chi connectivity index (χ4v) is 2.34. The average Bonchev–Trinajstić information content (AvgIpc) is 2.49. The Bertz CT molecular complexity index is 282. The summed E-state index contributed by atoms with van der Waals surface area (Å²) in [5.74, 6) is 0. The third-order valence-corrected chi connectivity index (χ3v) is 3.78. The molecule has 0 aromatic rings. The second-order valence-electron chi connectivity index (χ2n) is 5.68. The molecule has 0 spiro atoms. The van der Waals surface area contributed by atoms with Crippen molar-refractivity contribution in [3.05, 3.63) is 12.3 Å². The lowest BCUT2D eigenvalue weighted by Gasteiger charge is -2.34. The fraction of sp³-hybridized carbons (Fsp3) is 0.875. The first-order valence-corrected chi connectivity index (χ1v) is 8.09. The summed E-state index contributed by atoms with van der Waals surface area (Å²) in [4.78, 5) is 0. The molecule has 0 radical (unpaired) electrons. The van der Waals surface area contributed by atoms with Crippen LogP contribution in [0.4, 0.5) is 0 Å². The summed E-state index contributed by atoms with van der Waals surface area (Å²) in [5, 5.41) is 28.6. The Morgan fingerprint density at radius 2 is 1.76 bits per heavy atom. The Kier molecular flexibility index (Phi) is 9.67. The summed E-state index contributed by atoms with van der Waals surface area (Å²) >= 11 is 0. The van der Waals surface area contributed by atoms with Crippen LogP contribution in [0.5, 0.6) is 0 Å². The first kappa shape index (κ1) is 18.4. The zero-order valence-electron chi connectivity index (χ0n) is 13.0. The van der Waals surface area contributed by atoms with Gasteiger partial charge in [0.05, 0.1) is 12.9 Å². The van der Waals surface area contributed by atoms with Gasteiger partial charge in [-0.05, 0) is 18.9 Å². The summed E-state index contributed by atoms with van der Waals surface area (Å²) in [6.07, 6.45) is 8.31. The Morgan fingerprint density at radius 1 is 1.05 bits per heavy atom. The minimum absolute atomic E-state index is 0.0216. The van der Waals surface area contributed by atoms with Gasteiger partial charge in [0.2, 0.25) is 0 Å². The molecule has 3 N–H and O–H groups in total. The van der Waals surface area contributed by atoms with Crippen LogP contribution in [-0.2, 0) is 9.47 Å². The fourth-order valence-electron chi connectivity index (χ4n) is 2.34. The van der Waals surface area contributed by atoms with Crippen molar-refractivity contribution in [2.75, 3.05) is 13.2 Å². The van der Waals surface area contributed by atoms with Crippen LogP contribution in [0.25, 0.3) is 0 Å². The van der Waals surface area contributed by atoms with Crippen molar-refractivity contribution in [1.82, 2.24) is 0 Å². The van der Waals surface area contributed by atoms with E-state index in [1.807, 2.05) is 6.08 Å². The van der Waals surface area contributed by atoms with Gasteiger partial charge in [-0.3, -0.25) is 0 Å². The van der Waals surface area contributed by atoms with Gasteiger partial charge in [-0.25, -0.2) is 0 Å². The standard InChI is InChI=1S/C16H30O5/c1-2-3-4-5-6-7-8-9-10-20-12-14-16(19)15(18)13(17)11-21-14/h9-10,13-19H,2-8,11-12H2,1H3/b10-9+/t13-,14+,15+,16+/m1/s1. The topological polar surface area (TPSA) is 79.2 Å².